The molecule has 3 atom stereocenters. The van der Waals surface area contributed by atoms with Crippen molar-refractivity contribution >= 4 is 17.2 Å². The SMILES string of the molecule is CC1CCC(NC(=O)c2sccc2C#CCCO)C1C. The molecule has 3 nitrogen and oxygen atoms in total. The molecule has 0 spiro atoms. The summed E-state index contributed by atoms with van der Waals surface area (Å²) in [6.45, 7) is 4.50. The first-order valence-corrected chi connectivity index (χ1v) is 7.99. The van der Waals surface area contributed by atoms with Gasteiger partial charge in [0.15, 0.2) is 0 Å². The maximum Gasteiger partial charge on any atom is 0.262 e. The first-order chi connectivity index (χ1) is 9.63. The standard InChI is InChI=1S/C16H21NO2S/c1-11-6-7-14(12(11)2)17-16(19)15-13(8-10-20-15)5-3-4-9-18/h8,10-12,14,18H,4,6-7,9H2,1-2H3,(H,17,19). The predicted octanol–water partition coefficient (Wildman–Crippen LogP) is 2.65. The molecule has 1 aromatic heterocycles. The van der Waals surface area contributed by atoms with Crippen molar-refractivity contribution in [3.63, 3.8) is 0 Å². The molecule has 1 aliphatic rings. The average molecular weight is 291 g/mol. The number of hydrogen-bond donors (Lipinski definition) is 2. The summed E-state index contributed by atoms with van der Waals surface area (Å²) in [7, 11) is 0. The van der Waals surface area contributed by atoms with Gasteiger partial charge in [-0.2, -0.15) is 0 Å². The quantitative estimate of drug-likeness (QED) is 0.841. The second kappa shape index (κ2) is 6.92. The van der Waals surface area contributed by atoms with E-state index < -0.39 is 0 Å². The zero-order valence-corrected chi connectivity index (χ0v) is 12.8. The molecule has 1 aromatic rings. The molecule has 2 rings (SSSR count). The minimum absolute atomic E-state index is 0.0146. The summed E-state index contributed by atoms with van der Waals surface area (Å²) in [6.07, 6.45) is 2.68. The van der Waals surface area contributed by atoms with Gasteiger partial charge in [-0.25, -0.2) is 0 Å². The second-order valence-electron chi connectivity index (χ2n) is 5.43. The van der Waals surface area contributed by atoms with E-state index in [0.717, 1.165) is 12.0 Å². The van der Waals surface area contributed by atoms with E-state index >= 15 is 0 Å². The number of aliphatic hydroxyl groups is 1. The Morgan fingerprint density at radius 3 is 2.95 bits per heavy atom. The molecular formula is C16H21NO2S. The number of carbonyl (C=O) groups is 1. The van der Waals surface area contributed by atoms with Gasteiger partial charge in [0.2, 0.25) is 0 Å². The Bertz CT molecular complexity index is 526. The van der Waals surface area contributed by atoms with Crippen LogP contribution in [-0.2, 0) is 0 Å². The molecule has 1 saturated carbocycles. The number of carbonyl (C=O) groups excluding carboxylic acids is 1. The average Bonchev–Trinajstić information content (AvgIpc) is 3.01. The first kappa shape index (κ1) is 15.1. The van der Waals surface area contributed by atoms with Gasteiger partial charge in [0.25, 0.3) is 5.91 Å². The first-order valence-electron chi connectivity index (χ1n) is 7.11. The third-order valence-electron chi connectivity index (χ3n) is 4.11. The van der Waals surface area contributed by atoms with Crippen LogP contribution in [0.25, 0.3) is 0 Å². The molecule has 0 aliphatic heterocycles. The molecule has 1 fully saturated rings. The predicted molar refractivity (Wildman–Crippen MR) is 81.7 cm³/mol. The number of nitrogens with one attached hydrogen (secondary N) is 1. The van der Waals surface area contributed by atoms with E-state index in [1.807, 2.05) is 11.4 Å². The Morgan fingerprint density at radius 2 is 2.30 bits per heavy atom. The lowest BCUT2D eigenvalue weighted by Crippen LogP contribution is -2.37. The van der Waals surface area contributed by atoms with E-state index in [0.29, 0.717) is 23.1 Å². The van der Waals surface area contributed by atoms with Gasteiger partial charge in [-0.3, -0.25) is 4.79 Å². The summed E-state index contributed by atoms with van der Waals surface area (Å²) < 4.78 is 0. The van der Waals surface area contributed by atoms with Gasteiger partial charge >= 0.3 is 0 Å². The maximum absolute atomic E-state index is 12.3. The highest BCUT2D eigenvalue weighted by Gasteiger charge is 2.31. The minimum atomic E-state index is -0.0146. The third-order valence-corrected chi connectivity index (χ3v) is 5.03. The lowest BCUT2D eigenvalue weighted by Gasteiger charge is -2.19. The van der Waals surface area contributed by atoms with Crippen molar-refractivity contribution in [2.24, 2.45) is 11.8 Å². The molecule has 2 N–H and O–H groups in total. The van der Waals surface area contributed by atoms with Gasteiger partial charge < -0.3 is 10.4 Å². The van der Waals surface area contributed by atoms with Crippen LogP contribution in [-0.4, -0.2) is 23.7 Å². The van der Waals surface area contributed by atoms with Crippen LogP contribution in [0.5, 0.6) is 0 Å². The van der Waals surface area contributed by atoms with Crippen molar-refractivity contribution in [2.45, 2.75) is 39.2 Å². The Labute approximate surface area is 124 Å². The van der Waals surface area contributed by atoms with E-state index in [1.54, 1.807) is 0 Å². The molecule has 4 heteroatoms. The fourth-order valence-corrected chi connectivity index (χ4v) is 3.35. The van der Waals surface area contributed by atoms with Crippen LogP contribution in [0, 0.1) is 23.7 Å². The fourth-order valence-electron chi connectivity index (χ4n) is 2.60. The van der Waals surface area contributed by atoms with E-state index in [2.05, 4.69) is 31.0 Å². The summed E-state index contributed by atoms with van der Waals surface area (Å²) in [4.78, 5) is 13.0. The monoisotopic (exact) mass is 291 g/mol. The highest BCUT2D eigenvalue weighted by atomic mass is 32.1. The zero-order valence-electron chi connectivity index (χ0n) is 12.0. The molecule has 20 heavy (non-hydrogen) atoms. The molecule has 1 aliphatic carbocycles. The van der Waals surface area contributed by atoms with Crippen LogP contribution >= 0.6 is 11.3 Å². The van der Waals surface area contributed by atoms with Crippen LogP contribution in [0.2, 0.25) is 0 Å². The van der Waals surface area contributed by atoms with Crippen molar-refractivity contribution < 1.29 is 9.90 Å². The van der Waals surface area contributed by atoms with E-state index in [4.69, 9.17) is 5.11 Å². The van der Waals surface area contributed by atoms with Gasteiger partial charge in [0.05, 0.1) is 6.61 Å². The molecule has 3 unspecified atom stereocenters. The highest BCUT2D eigenvalue weighted by molar-refractivity contribution is 7.12. The number of thiophene rings is 1. The lowest BCUT2D eigenvalue weighted by molar-refractivity contribution is 0.0931. The Morgan fingerprint density at radius 1 is 1.50 bits per heavy atom. The molecule has 108 valence electrons. The maximum atomic E-state index is 12.3. The van der Waals surface area contributed by atoms with Gasteiger partial charge in [0.1, 0.15) is 4.88 Å². The summed E-state index contributed by atoms with van der Waals surface area (Å²) >= 11 is 1.42. The summed E-state index contributed by atoms with van der Waals surface area (Å²) in [5, 5.41) is 13.8. The smallest absolute Gasteiger partial charge is 0.262 e. The van der Waals surface area contributed by atoms with E-state index in [9.17, 15) is 4.79 Å². The molecule has 0 saturated heterocycles. The molecular weight excluding hydrogens is 270 g/mol. The van der Waals surface area contributed by atoms with E-state index in [-0.39, 0.29) is 18.6 Å². The van der Waals surface area contributed by atoms with Crippen LogP contribution in [0.3, 0.4) is 0 Å². The number of aliphatic hydroxyl groups excluding tert-OH is 1. The second-order valence-corrected chi connectivity index (χ2v) is 6.35. The van der Waals surface area contributed by atoms with Crippen LogP contribution in [0.4, 0.5) is 0 Å². The summed E-state index contributed by atoms with van der Waals surface area (Å²) in [6, 6.07) is 2.14. The summed E-state index contributed by atoms with van der Waals surface area (Å²) in [5.74, 6) is 7.02. The van der Waals surface area contributed by atoms with Gasteiger partial charge in [-0.15, -0.1) is 11.3 Å². The Balaban J connectivity index is 2.03. The van der Waals surface area contributed by atoms with E-state index in [1.165, 1.54) is 17.8 Å². The minimum Gasteiger partial charge on any atom is -0.395 e. The van der Waals surface area contributed by atoms with Gasteiger partial charge in [0, 0.05) is 18.0 Å². The fraction of sp³-hybridized carbons (Fsp3) is 0.562. The topological polar surface area (TPSA) is 49.3 Å². The molecule has 1 heterocycles. The van der Waals surface area contributed by atoms with Crippen molar-refractivity contribution in [2.75, 3.05) is 6.61 Å². The number of rotatable bonds is 3. The third kappa shape index (κ3) is 3.41. The highest BCUT2D eigenvalue weighted by Crippen LogP contribution is 2.31. The largest absolute Gasteiger partial charge is 0.395 e. The number of amides is 1. The van der Waals surface area contributed by atoms with Crippen molar-refractivity contribution in [1.29, 1.82) is 0 Å². The van der Waals surface area contributed by atoms with Crippen molar-refractivity contribution in [1.82, 2.24) is 5.32 Å². The molecule has 0 aromatic carbocycles. The van der Waals surface area contributed by atoms with Crippen LogP contribution < -0.4 is 5.32 Å². The molecule has 0 radical (unpaired) electrons. The van der Waals surface area contributed by atoms with Gasteiger partial charge in [-0.05, 0) is 36.1 Å². The van der Waals surface area contributed by atoms with Gasteiger partial charge in [-0.1, -0.05) is 25.7 Å². The molecule has 0 bridgehead atoms. The lowest BCUT2D eigenvalue weighted by atomic mass is 9.98. The Hall–Kier alpha value is -1.31. The summed E-state index contributed by atoms with van der Waals surface area (Å²) in [5.41, 5.74) is 0.764. The Kier molecular flexibility index (Phi) is 5.22. The zero-order chi connectivity index (χ0) is 14.5. The normalized spacial score (nSPS) is 25.1. The van der Waals surface area contributed by atoms with Crippen LogP contribution in [0.15, 0.2) is 11.4 Å². The number of hydrogen-bond acceptors (Lipinski definition) is 3. The van der Waals surface area contributed by atoms with Crippen LogP contribution in [0.1, 0.15) is 48.3 Å². The van der Waals surface area contributed by atoms with Crippen molar-refractivity contribution in [3.8, 4) is 11.8 Å². The van der Waals surface area contributed by atoms with Crippen molar-refractivity contribution in [3.05, 3.63) is 21.9 Å². The molecule has 1 amide bonds.